The summed E-state index contributed by atoms with van der Waals surface area (Å²) in [6.45, 7) is 8.64. The molecule has 0 radical (unpaired) electrons. The largest absolute Gasteiger partial charge is 0.332 e. The van der Waals surface area contributed by atoms with Crippen LogP contribution in [0, 0.1) is 13.8 Å². The van der Waals surface area contributed by atoms with Crippen LogP contribution in [0.2, 0.25) is 0 Å². The van der Waals surface area contributed by atoms with Gasteiger partial charge in [-0.1, -0.05) is 104 Å². The number of thiocarbonyl (C=S) groups is 1. The van der Waals surface area contributed by atoms with Crippen molar-refractivity contribution in [3.63, 3.8) is 0 Å². The summed E-state index contributed by atoms with van der Waals surface area (Å²) in [5, 5.41) is 8.53. The van der Waals surface area contributed by atoms with Gasteiger partial charge in [-0.3, -0.25) is 4.99 Å². The summed E-state index contributed by atoms with van der Waals surface area (Å²) >= 11 is 7.68. The molecular weight excluding hydrogens is 637 g/mol. The zero-order valence-electron chi connectivity index (χ0n) is 28.3. The topological polar surface area (TPSA) is 49.3 Å². The molecular formula is C43H38N4S2. The molecule has 1 heterocycles. The van der Waals surface area contributed by atoms with Gasteiger partial charge in [0.1, 0.15) is 0 Å². The Kier molecular flexibility index (Phi) is 9.09. The third kappa shape index (κ3) is 7.02. The quantitative estimate of drug-likeness (QED) is 0.136. The Morgan fingerprint density at radius 2 is 1.29 bits per heavy atom. The van der Waals surface area contributed by atoms with Gasteiger partial charge in [0, 0.05) is 24.0 Å². The molecule has 7 rings (SSSR count). The maximum atomic E-state index is 5.97. The minimum Gasteiger partial charge on any atom is -0.332 e. The first kappa shape index (κ1) is 32.4. The van der Waals surface area contributed by atoms with E-state index in [1.54, 1.807) is 11.3 Å². The number of aryl methyl sites for hydroxylation is 2. The van der Waals surface area contributed by atoms with Crippen molar-refractivity contribution in [3.05, 3.63) is 143 Å². The van der Waals surface area contributed by atoms with Crippen molar-refractivity contribution in [3.8, 4) is 44.0 Å². The minimum absolute atomic E-state index is 0.484. The summed E-state index contributed by atoms with van der Waals surface area (Å²) in [7, 11) is 1.81. The van der Waals surface area contributed by atoms with Crippen molar-refractivity contribution >= 4 is 50.3 Å². The Morgan fingerprint density at radius 1 is 0.673 bits per heavy atom. The predicted octanol–water partition coefficient (Wildman–Crippen LogP) is 11.5. The standard InChI is InChI=1S/C43H38N4S2/c1-26(2)29-10-12-32(13-11-29)34-18-20-36(33-16-14-31(15-17-33)30-8-6-27(3)7-9-30)39(23-34)47-43(48)46-38-25-42-40(22-28(38)4)45-37-21-19-35(44-5)24-41(37)49-42/h6-26H,1-5H3,(H2,46,47,48). The van der Waals surface area contributed by atoms with Crippen LogP contribution >= 0.6 is 23.6 Å². The minimum atomic E-state index is 0.484. The fourth-order valence-electron chi connectivity index (χ4n) is 6.04. The lowest BCUT2D eigenvalue weighted by Gasteiger charge is -2.18. The summed E-state index contributed by atoms with van der Waals surface area (Å²) < 4.78 is 1.08. The van der Waals surface area contributed by atoms with Gasteiger partial charge >= 0.3 is 0 Å². The van der Waals surface area contributed by atoms with Crippen LogP contribution in [0.4, 0.5) is 11.4 Å². The van der Waals surface area contributed by atoms with E-state index in [0.29, 0.717) is 11.0 Å². The molecule has 5 aromatic rings. The lowest BCUT2D eigenvalue weighted by Crippen LogP contribution is -2.20. The molecule has 6 heteroatoms. The number of anilines is 2. The summed E-state index contributed by atoms with van der Waals surface area (Å²) in [4.78, 5) is 10.4. The summed E-state index contributed by atoms with van der Waals surface area (Å²) in [6.07, 6.45) is 0. The van der Waals surface area contributed by atoms with E-state index < -0.39 is 0 Å². The highest BCUT2D eigenvalue weighted by Gasteiger charge is 2.14. The van der Waals surface area contributed by atoms with E-state index >= 15 is 0 Å². The molecule has 1 aliphatic heterocycles. The Balaban J connectivity index is 1.22. The highest BCUT2D eigenvalue weighted by molar-refractivity contribution is 7.80. The smallest absolute Gasteiger partial charge is 0.175 e. The monoisotopic (exact) mass is 674 g/mol. The highest BCUT2D eigenvalue weighted by atomic mass is 32.1. The highest BCUT2D eigenvalue weighted by Crippen LogP contribution is 2.36. The zero-order valence-corrected chi connectivity index (χ0v) is 30.0. The Hall–Kier alpha value is -5.17. The number of benzene rings is 6. The van der Waals surface area contributed by atoms with Crippen molar-refractivity contribution < 1.29 is 0 Å². The molecule has 0 amide bonds. The van der Waals surface area contributed by atoms with Crippen LogP contribution in [0.5, 0.6) is 0 Å². The maximum Gasteiger partial charge on any atom is 0.175 e. The molecule has 2 N–H and O–H groups in total. The SMILES string of the molecule is CN=c1ccc2nc3cc(C)c(NC(=S)Nc4cc(-c5ccc(C(C)C)cc5)ccc4-c4ccc(-c5ccc(C)cc5)cc4)cc3sc-2c1. The zero-order chi connectivity index (χ0) is 34.1. The molecule has 2 aliphatic rings. The molecule has 0 unspecified atom stereocenters. The Morgan fingerprint density at radius 3 is 1.98 bits per heavy atom. The van der Waals surface area contributed by atoms with Crippen LogP contribution < -0.4 is 16.0 Å². The van der Waals surface area contributed by atoms with Gasteiger partial charge in [-0.25, -0.2) is 4.98 Å². The average molecular weight is 675 g/mol. The number of rotatable bonds is 6. The Bertz CT molecular complexity index is 2340. The number of nitrogens with zero attached hydrogens (tertiary/aromatic N) is 2. The number of hydrogen-bond donors (Lipinski definition) is 2. The second kappa shape index (κ2) is 13.7. The van der Waals surface area contributed by atoms with Crippen LogP contribution in [0.1, 0.15) is 36.5 Å². The lowest BCUT2D eigenvalue weighted by atomic mass is 9.95. The van der Waals surface area contributed by atoms with Gasteiger partial charge in [0.25, 0.3) is 0 Å². The molecule has 4 nitrogen and oxygen atoms in total. The molecule has 0 atom stereocenters. The second-order valence-corrected chi connectivity index (χ2v) is 14.3. The molecule has 242 valence electrons. The molecule has 0 fully saturated rings. The summed E-state index contributed by atoms with van der Waals surface area (Å²) in [5.74, 6) is 0.484. The van der Waals surface area contributed by atoms with E-state index in [1.807, 2.05) is 19.2 Å². The maximum absolute atomic E-state index is 5.97. The second-order valence-electron chi connectivity index (χ2n) is 12.8. The van der Waals surface area contributed by atoms with Gasteiger partial charge in [-0.2, -0.15) is 0 Å². The molecule has 0 spiro atoms. The molecule has 0 bridgehead atoms. The van der Waals surface area contributed by atoms with Gasteiger partial charge in [-0.15, -0.1) is 11.3 Å². The molecule has 0 aromatic heterocycles. The normalized spacial score (nSPS) is 11.8. The first-order chi connectivity index (χ1) is 23.7. The first-order valence-electron chi connectivity index (χ1n) is 16.5. The summed E-state index contributed by atoms with van der Waals surface area (Å²) in [6, 6.07) is 43.2. The fraction of sp³-hybridized carbons (Fsp3) is 0.140. The van der Waals surface area contributed by atoms with Gasteiger partial charge in [-0.05, 0) is 107 Å². The number of hydrogen-bond acceptors (Lipinski definition) is 4. The fourth-order valence-corrected chi connectivity index (χ4v) is 7.29. The van der Waals surface area contributed by atoms with Gasteiger partial charge in [0.15, 0.2) is 5.11 Å². The van der Waals surface area contributed by atoms with E-state index in [4.69, 9.17) is 17.2 Å². The van der Waals surface area contributed by atoms with Crippen LogP contribution in [0.15, 0.2) is 126 Å². The van der Waals surface area contributed by atoms with Crippen LogP contribution in [-0.4, -0.2) is 17.1 Å². The van der Waals surface area contributed by atoms with E-state index in [2.05, 4.69) is 153 Å². The van der Waals surface area contributed by atoms with E-state index in [9.17, 15) is 0 Å². The van der Waals surface area contributed by atoms with Crippen molar-refractivity contribution in [2.24, 2.45) is 4.99 Å². The third-order valence-electron chi connectivity index (χ3n) is 8.98. The van der Waals surface area contributed by atoms with Crippen LogP contribution in [0.3, 0.4) is 0 Å². The molecule has 1 aliphatic carbocycles. The molecule has 5 aromatic carbocycles. The lowest BCUT2D eigenvalue weighted by molar-refractivity contribution is 0.867. The number of nitrogens with one attached hydrogen (secondary N) is 2. The molecule has 49 heavy (non-hydrogen) atoms. The number of aromatic nitrogens is 1. The van der Waals surface area contributed by atoms with E-state index in [-0.39, 0.29) is 0 Å². The molecule has 0 saturated heterocycles. The van der Waals surface area contributed by atoms with Crippen molar-refractivity contribution in [2.75, 3.05) is 17.7 Å². The summed E-state index contributed by atoms with van der Waals surface area (Å²) in [5.41, 5.74) is 14.4. The van der Waals surface area contributed by atoms with E-state index in [1.165, 1.54) is 27.8 Å². The van der Waals surface area contributed by atoms with Crippen LogP contribution in [-0.2, 0) is 0 Å². The van der Waals surface area contributed by atoms with Gasteiger partial charge in [0.05, 0.1) is 26.1 Å². The van der Waals surface area contributed by atoms with Gasteiger partial charge < -0.3 is 10.6 Å². The third-order valence-corrected chi connectivity index (χ3v) is 10.3. The average Bonchev–Trinajstić information content (AvgIpc) is 3.11. The van der Waals surface area contributed by atoms with E-state index in [0.717, 1.165) is 59.8 Å². The van der Waals surface area contributed by atoms with Crippen molar-refractivity contribution in [1.29, 1.82) is 0 Å². The van der Waals surface area contributed by atoms with Crippen molar-refractivity contribution in [2.45, 2.75) is 33.6 Å². The van der Waals surface area contributed by atoms with Crippen LogP contribution in [0.25, 0.3) is 54.2 Å². The predicted molar refractivity (Wildman–Crippen MR) is 214 cm³/mol. The first-order valence-corrected chi connectivity index (χ1v) is 17.7. The number of fused-ring (bicyclic) bond motifs is 2. The Labute approximate surface area is 297 Å². The molecule has 0 saturated carbocycles. The van der Waals surface area contributed by atoms with Gasteiger partial charge in [0.2, 0.25) is 0 Å². The van der Waals surface area contributed by atoms with Crippen molar-refractivity contribution in [1.82, 2.24) is 4.98 Å².